The van der Waals surface area contributed by atoms with Crippen LogP contribution in [0.15, 0.2) is 22.6 Å². The van der Waals surface area contributed by atoms with Crippen LogP contribution in [-0.2, 0) is 6.54 Å². The van der Waals surface area contributed by atoms with E-state index in [2.05, 4.69) is 22.7 Å². The molecule has 0 saturated carbocycles. The summed E-state index contributed by atoms with van der Waals surface area (Å²) in [5, 5.41) is 7.63. The van der Waals surface area contributed by atoms with Crippen molar-refractivity contribution in [2.75, 3.05) is 19.0 Å². The summed E-state index contributed by atoms with van der Waals surface area (Å²) in [6, 6.07) is 6.13. The van der Waals surface area contributed by atoms with E-state index in [9.17, 15) is 4.79 Å². The normalized spacial score (nSPS) is 15.5. The number of hydrazine groups is 1. The zero-order valence-electron chi connectivity index (χ0n) is 16.3. The van der Waals surface area contributed by atoms with Gasteiger partial charge in [0.2, 0.25) is 0 Å². The number of unbranched alkanes of at least 4 members (excludes halogenated alkanes) is 2. The fraction of sp³-hybridized carbons (Fsp3) is 0.524. The Kier molecular flexibility index (Phi) is 5.87. The van der Waals surface area contributed by atoms with Gasteiger partial charge in [-0.25, -0.2) is 5.01 Å². The highest BCUT2D eigenvalue weighted by Crippen LogP contribution is 2.32. The summed E-state index contributed by atoms with van der Waals surface area (Å²) in [5.74, 6) is 0.480. The summed E-state index contributed by atoms with van der Waals surface area (Å²) in [7, 11) is 0. The Hall–Kier alpha value is -2.05. The standard InChI is InChI=1S/C21H27ClN4O2/c1-15-8-9-16-17(14-15)28-20-18(21(27)24-25-11-5-3-6-12-25)23-26(19(16)20)13-7-2-4-10-22/h8-9,14H,2-7,10-13H2,1H3,(H,24,27). The van der Waals surface area contributed by atoms with Crippen molar-refractivity contribution in [2.45, 2.75) is 52.0 Å². The van der Waals surface area contributed by atoms with E-state index in [1.807, 2.05) is 22.7 Å². The van der Waals surface area contributed by atoms with Gasteiger partial charge >= 0.3 is 0 Å². The highest BCUT2D eigenvalue weighted by molar-refractivity contribution is 6.17. The number of piperidine rings is 1. The molecule has 3 heterocycles. The fourth-order valence-electron chi connectivity index (χ4n) is 3.87. The summed E-state index contributed by atoms with van der Waals surface area (Å²) < 4.78 is 8.03. The first-order chi connectivity index (χ1) is 13.7. The van der Waals surface area contributed by atoms with Crippen molar-refractivity contribution in [2.24, 2.45) is 0 Å². The van der Waals surface area contributed by atoms with E-state index in [4.69, 9.17) is 16.0 Å². The molecule has 0 bridgehead atoms. The molecule has 150 valence electrons. The van der Waals surface area contributed by atoms with Gasteiger partial charge in [-0.2, -0.15) is 5.10 Å². The second-order valence-electron chi connectivity index (χ2n) is 7.59. The van der Waals surface area contributed by atoms with Gasteiger partial charge in [0.15, 0.2) is 11.3 Å². The van der Waals surface area contributed by atoms with E-state index in [-0.39, 0.29) is 5.91 Å². The molecular weight excluding hydrogens is 376 g/mol. The molecule has 2 aromatic heterocycles. The molecule has 1 aliphatic rings. The van der Waals surface area contributed by atoms with Crippen LogP contribution in [0.1, 0.15) is 54.6 Å². The number of fused-ring (bicyclic) bond motifs is 3. The Labute approximate surface area is 169 Å². The van der Waals surface area contributed by atoms with Crippen molar-refractivity contribution in [3.8, 4) is 0 Å². The Morgan fingerprint density at radius 3 is 2.82 bits per heavy atom. The zero-order valence-corrected chi connectivity index (χ0v) is 17.1. The van der Waals surface area contributed by atoms with Gasteiger partial charge in [0.25, 0.3) is 5.91 Å². The Morgan fingerprint density at radius 2 is 2.04 bits per heavy atom. The smallest absolute Gasteiger partial charge is 0.289 e. The van der Waals surface area contributed by atoms with E-state index in [0.29, 0.717) is 17.2 Å². The van der Waals surface area contributed by atoms with E-state index in [1.165, 1.54) is 6.42 Å². The van der Waals surface area contributed by atoms with E-state index >= 15 is 0 Å². The molecule has 28 heavy (non-hydrogen) atoms. The number of halogens is 1. The van der Waals surface area contributed by atoms with Crippen molar-refractivity contribution in [3.05, 3.63) is 29.5 Å². The summed E-state index contributed by atoms with van der Waals surface area (Å²) in [5.41, 5.74) is 6.79. The van der Waals surface area contributed by atoms with Gasteiger partial charge in [0.1, 0.15) is 11.1 Å². The SMILES string of the molecule is Cc1ccc2c(c1)oc1c(C(=O)NN3CCCCC3)nn(CCCCCCl)c12. The Balaban J connectivity index is 1.68. The number of rotatable bonds is 7. The number of nitrogens with zero attached hydrogens (tertiary/aromatic N) is 3. The monoisotopic (exact) mass is 402 g/mol. The van der Waals surface area contributed by atoms with Crippen LogP contribution in [0.5, 0.6) is 0 Å². The maximum atomic E-state index is 13.0. The van der Waals surface area contributed by atoms with Crippen molar-refractivity contribution in [1.82, 2.24) is 20.2 Å². The van der Waals surface area contributed by atoms with Crippen LogP contribution in [0.2, 0.25) is 0 Å². The minimum atomic E-state index is -0.192. The molecule has 3 aromatic rings. The van der Waals surface area contributed by atoms with Gasteiger partial charge in [0.05, 0.1) is 0 Å². The number of alkyl halides is 1. The molecule has 0 aliphatic carbocycles. The molecule has 0 radical (unpaired) electrons. The first-order valence-corrected chi connectivity index (χ1v) is 10.7. The molecule has 1 fully saturated rings. The number of benzene rings is 1. The molecule has 1 N–H and O–H groups in total. The summed E-state index contributed by atoms with van der Waals surface area (Å²) in [4.78, 5) is 13.0. The number of nitrogens with one attached hydrogen (secondary N) is 1. The first kappa shape index (κ1) is 19.3. The predicted molar refractivity (Wildman–Crippen MR) is 112 cm³/mol. The van der Waals surface area contributed by atoms with Crippen molar-refractivity contribution < 1.29 is 9.21 Å². The van der Waals surface area contributed by atoms with Crippen LogP contribution in [0, 0.1) is 6.92 Å². The minimum Gasteiger partial charge on any atom is -0.452 e. The molecule has 4 rings (SSSR count). The third kappa shape index (κ3) is 3.89. The van der Waals surface area contributed by atoms with Crippen LogP contribution >= 0.6 is 11.6 Å². The molecule has 1 aromatic carbocycles. The lowest BCUT2D eigenvalue weighted by Gasteiger charge is -2.26. The lowest BCUT2D eigenvalue weighted by Crippen LogP contribution is -2.45. The number of furan rings is 1. The fourth-order valence-corrected chi connectivity index (χ4v) is 4.06. The predicted octanol–water partition coefficient (Wildman–Crippen LogP) is 4.63. The van der Waals surface area contributed by atoms with Gasteiger partial charge in [0, 0.05) is 30.9 Å². The van der Waals surface area contributed by atoms with E-state index in [1.54, 1.807) is 0 Å². The molecule has 1 amide bonds. The molecule has 0 atom stereocenters. The number of carbonyl (C=O) groups excluding carboxylic acids is 1. The van der Waals surface area contributed by atoms with Gasteiger partial charge in [-0.1, -0.05) is 18.9 Å². The second kappa shape index (κ2) is 8.53. The third-order valence-electron chi connectivity index (χ3n) is 5.35. The number of aryl methyl sites for hydroxylation is 2. The van der Waals surface area contributed by atoms with Gasteiger partial charge in [-0.15, -0.1) is 11.6 Å². The number of amides is 1. The van der Waals surface area contributed by atoms with Crippen LogP contribution in [0.25, 0.3) is 22.1 Å². The maximum Gasteiger partial charge on any atom is 0.289 e. The molecule has 1 aliphatic heterocycles. The lowest BCUT2D eigenvalue weighted by molar-refractivity contribution is 0.0744. The molecule has 0 spiro atoms. The number of carbonyl (C=O) groups is 1. The van der Waals surface area contributed by atoms with Crippen molar-refractivity contribution in [3.63, 3.8) is 0 Å². The van der Waals surface area contributed by atoms with Crippen molar-refractivity contribution >= 4 is 39.6 Å². The largest absolute Gasteiger partial charge is 0.452 e. The molecule has 7 heteroatoms. The summed E-state index contributed by atoms with van der Waals surface area (Å²) in [6.45, 7) is 4.54. The van der Waals surface area contributed by atoms with E-state index < -0.39 is 0 Å². The van der Waals surface area contributed by atoms with Crippen LogP contribution in [0.4, 0.5) is 0 Å². The van der Waals surface area contributed by atoms with Crippen LogP contribution < -0.4 is 5.43 Å². The minimum absolute atomic E-state index is 0.192. The zero-order chi connectivity index (χ0) is 19.5. The quantitative estimate of drug-likeness (QED) is 0.462. The topological polar surface area (TPSA) is 63.3 Å². The number of hydrogen-bond donors (Lipinski definition) is 1. The number of aromatic nitrogens is 2. The van der Waals surface area contributed by atoms with E-state index in [0.717, 1.165) is 73.8 Å². The molecule has 1 saturated heterocycles. The van der Waals surface area contributed by atoms with Crippen LogP contribution in [0.3, 0.4) is 0 Å². The van der Waals surface area contributed by atoms with Gasteiger partial charge in [-0.05, 0) is 50.3 Å². The highest BCUT2D eigenvalue weighted by atomic mass is 35.5. The molecule has 6 nitrogen and oxygen atoms in total. The lowest BCUT2D eigenvalue weighted by atomic mass is 10.1. The Morgan fingerprint density at radius 1 is 1.21 bits per heavy atom. The average Bonchev–Trinajstić information content (AvgIpc) is 3.23. The second-order valence-corrected chi connectivity index (χ2v) is 7.97. The average molecular weight is 403 g/mol. The first-order valence-electron chi connectivity index (χ1n) is 10.2. The molecule has 0 unspecified atom stereocenters. The maximum absolute atomic E-state index is 13.0. The summed E-state index contributed by atoms with van der Waals surface area (Å²) >= 11 is 5.80. The van der Waals surface area contributed by atoms with Gasteiger partial charge < -0.3 is 4.42 Å². The number of hydrogen-bond acceptors (Lipinski definition) is 4. The summed E-state index contributed by atoms with van der Waals surface area (Å²) in [6.07, 6.45) is 6.42. The van der Waals surface area contributed by atoms with Crippen LogP contribution in [-0.4, -0.2) is 39.7 Å². The van der Waals surface area contributed by atoms with Crippen molar-refractivity contribution in [1.29, 1.82) is 0 Å². The third-order valence-corrected chi connectivity index (χ3v) is 5.61. The highest BCUT2D eigenvalue weighted by Gasteiger charge is 2.25. The molecular formula is C21H27ClN4O2. The Bertz CT molecular complexity index is 972. The van der Waals surface area contributed by atoms with Gasteiger partial charge in [-0.3, -0.25) is 14.9 Å².